The first kappa shape index (κ1) is 44.8. The SMILES string of the molecule is CC1(C)CC(N2C(=O)c3ccc(C(=O)OCC(O)Cc4ccccc4CC(O)COC(=O)c4ccc5c(c4)C(=O)N(C4CC(C)(C)NC(C)(C)C4)C5=O)cc3C2=O)CC(C)(C)N1. The molecule has 0 bridgehead atoms. The average Bonchev–Trinajstić information content (AvgIpc) is 3.57. The van der Waals surface area contributed by atoms with E-state index in [1.807, 2.05) is 55.4 Å². The van der Waals surface area contributed by atoms with Crippen LogP contribution in [-0.2, 0) is 22.3 Å². The highest BCUT2D eigenvalue weighted by Crippen LogP contribution is 2.38. The molecule has 4 aliphatic rings. The second kappa shape index (κ2) is 16.4. The highest BCUT2D eigenvalue weighted by atomic mass is 16.5. The normalized spacial score (nSPS) is 21.4. The molecule has 330 valence electrons. The smallest absolute Gasteiger partial charge is 0.338 e. The van der Waals surface area contributed by atoms with Gasteiger partial charge in [-0.05, 0) is 129 Å². The number of hydrogen-bond acceptors (Lipinski definition) is 12. The van der Waals surface area contributed by atoms with Crippen LogP contribution in [0.1, 0.15) is 154 Å². The molecule has 14 heteroatoms. The Bertz CT molecular complexity index is 2140. The lowest BCUT2D eigenvalue weighted by molar-refractivity contribution is 0.0243. The highest BCUT2D eigenvalue weighted by Gasteiger charge is 2.49. The summed E-state index contributed by atoms with van der Waals surface area (Å²) in [4.78, 5) is 82.9. The van der Waals surface area contributed by atoms with Crippen LogP contribution in [0.4, 0.5) is 0 Å². The van der Waals surface area contributed by atoms with Gasteiger partial charge in [0.15, 0.2) is 0 Å². The lowest BCUT2D eigenvalue weighted by atomic mass is 9.79. The quantitative estimate of drug-likeness (QED) is 0.141. The molecule has 2 fully saturated rings. The second-order valence-corrected chi connectivity index (χ2v) is 20.1. The van der Waals surface area contributed by atoms with E-state index < -0.39 is 36.0 Å². The summed E-state index contributed by atoms with van der Waals surface area (Å²) in [5.41, 5.74) is 1.10. The Kier molecular flexibility index (Phi) is 11.9. The zero-order valence-electron chi connectivity index (χ0n) is 36.8. The predicted molar refractivity (Wildman–Crippen MR) is 229 cm³/mol. The van der Waals surface area contributed by atoms with Gasteiger partial charge in [-0.1, -0.05) is 24.3 Å². The summed E-state index contributed by atoms with van der Waals surface area (Å²) >= 11 is 0. The van der Waals surface area contributed by atoms with E-state index in [1.165, 1.54) is 46.2 Å². The van der Waals surface area contributed by atoms with Gasteiger partial charge < -0.3 is 30.3 Å². The average molecular weight is 851 g/mol. The van der Waals surface area contributed by atoms with Crippen molar-refractivity contribution in [3.63, 3.8) is 0 Å². The number of rotatable bonds is 12. The molecule has 0 spiro atoms. The molecule has 2 unspecified atom stereocenters. The van der Waals surface area contributed by atoms with Crippen molar-refractivity contribution in [2.45, 2.75) is 140 Å². The van der Waals surface area contributed by atoms with Gasteiger partial charge in [0.2, 0.25) is 0 Å². The summed E-state index contributed by atoms with van der Waals surface area (Å²) in [6.07, 6.45) is 0.277. The highest BCUT2D eigenvalue weighted by molar-refractivity contribution is 6.23. The number of aliphatic hydroxyl groups excluding tert-OH is 2. The fourth-order valence-electron chi connectivity index (χ4n) is 10.4. The Balaban J connectivity index is 0.912. The van der Waals surface area contributed by atoms with E-state index in [2.05, 4.69) is 10.6 Å². The maximum Gasteiger partial charge on any atom is 0.338 e. The third-order valence-electron chi connectivity index (χ3n) is 12.2. The fourth-order valence-corrected chi connectivity index (χ4v) is 10.4. The topological polar surface area (TPSA) is 192 Å². The molecule has 2 atom stereocenters. The van der Waals surface area contributed by atoms with E-state index in [4.69, 9.17) is 9.47 Å². The van der Waals surface area contributed by atoms with Crippen molar-refractivity contribution < 1.29 is 48.5 Å². The molecule has 7 rings (SSSR count). The third kappa shape index (κ3) is 9.38. The molecule has 3 aromatic carbocycles. The molecule has 4 amide bonds. The molecule has 14 nitrogen and oxygen atoms in total. The number of aliphatic hydroxyl groups is 2. The second-order valence-electron chi connectivity index (χ2n) is 20.1. The van der Waals surface area contributed by atoms with E-state index in [-0.39, 0.29) is 105 Å². The van der Waals surface area contributed by atoms with Gasteiger partial charge in [0, 0.05) is 47.1 Å². The largest absolute Gasteiger partial charge is 0.459 e. The molecule has 0 radical (unpaired) electrons. The van der Waals surface area contributed by atoms with Crippen molar-refractivity contribution in [1.29, 1.82) is 0 Å². The van der Waals surface area contributed by atoms with E-state index in [1.54, 1.807) is 24.3 Å². The Morgan fingerprint density at radius 1 is 0.565 bits per heavy atom. The number of nitrogens with zero attached hydrogens (tertiary/aromatic N) is 2. The third-order valence-corrected chi connectivity index (χ3v) is 12.2. The number of carbonyl (C=O) groups excluding carboxylic acids is 6. The summed E-state index contributed by atoms with van der Waals surface area (Å²) in [5, 5.41) is 29.0. The van der Waals surface area contributed by atoms with Crippen LogP contribution in [0.2, 0.25) is 0 Å². The summed E-state index contributed by atoms with van der Waals surface area (Å²) < 4.78 is 10.9. The van der Waals surface area contributed by atoms with Gasteiger partial charge in [0.05, 0.1) is 45.6 Å². The molecule has 0 aromatic heterocycles. The molecule has 0 aliphatic carbocycles. The van der Waals surface area contributed by atoms with Crippen LogP contribution in [-0.4, -0.2) is 115 Å². The Morgan fingerprint density at radius 2 is 0.887 bits per heavy atom. The van der Waals surface area contributed by atoms with Gasteiger partial charge in [-0.2, -0.15) is 0 Å². The molecule has 0 saturated carbocycles. The van der Waals surface area contributed by atoms with E-state index >= 15 is 0 Å². The molecular formula is C48H58N4O10. The predicted octanol–water partition coefficient (Wildman–Crippen LogP) is 5.02. The van der Waals surface area contributed by atoms with Crippen molar-refractivity contribution in [1.82, 2.24) is 20.4 Å². The van der Waals surface area contributed by atoms with Crippen LogP contribution in [0.25, 0.3) is 0 Å². The standard InChI is InChI=1S/C48H58N4O10/c1-45(2)21-31(22-46(3,4)49-45)51-39(55)35-15-13-29(19-37(35)41(51)57)43(59)61-25-33(53)17-27-11-9-10-12-28(27)18-34(54)26-62-44(60)30-14-16-36-38(20-30)42(58)52(40(36)56)32-23-47(5,6)50-48(7,8)24-32/h9-16,19-20,31-34,49-50,53-54H,17-18,21-26H2,1-8H3. The number of piperidine rings is 2. The van der Waals surface area contributed by atoms with Gasteiger partial charge in [0.25, 0.3) is 23.6 Å². The minimum Gasteiger partial charge on any atom is -0.459 e. The first-order valence-electron chi connectivity index (χ1n) is 21.3. The maximum atomic E-state index is 13.6. The lowest BCUT2D eigenvalue weighted by Gasteiger charge is -2.48. The number of hydrogen-bond donors (Lipinski definition) is 4. The van der Waals surface area contributed by atoms with Crippen LogP contribution < -0.4 is 10.6 Å². The van der Waals surface area contributed by atoms with Crippen molar-refractivity contribution >= 4 is 35.6 Å². The Labute approximate surface area is 362 Å². The molecule has 4 aliphatic heterocycles. The lowest BCUT2D eigenvalue weighted by Crippen LogP contribution is -2.62. The first-order valence-corrected chi connectivity index (χ1v) is 21.3. The minimum absolute atomic E-state index is 0.0791. The number of imide groups is 2. The monoisotopic (exact) mass is 850 g/mol. The van der Waals surface area contributed by atoms with Gasteiger partial charge >= 0.3 is 11.9 Å². The minimum atomic E-state index is -1.12. The maximum absolute atomic E-state index is 13.6. The van der Waals surface area contributed by atoms with E-state index in [0.29, 0.717) is 36.8 Å². The number of benzene rings is 3. The van der Waals surface area contributed by atoms with Crippen LogP contribution in [0.15, 0.2) is 60.7 Å². The van der Waals surface area contributed by atoms with Crippen LogP contribution in [0.5, 0.6) is 0 Å². The van der Waals surface area contributed by atoms with Crippen LogP contribution >= 0.6 is 0 Å². The number of esters is 2. The number of fused-ring (bicyclic) bond motifs is 2. The van der Waals surface area contributed by atoms with Gasteiger partial charge in [-0.3, -0.25) is 29.0 Å². The molecular weight excluding hydrogens is 793 g/mol. The first-order chi connectivity index (χ1) is 28.9. The van der Waals surface area contributed by atoms with Crippen molar-refractivity contribution in [2.75, 3.05) is 13.2 Å². The number of amides is 4. The molecule has 2 saturated heterocycles. The van der Waals surface area contributed by atoms with E-state index in [9.17, 15) is 39.0 Å². The number of ether oxygens (including phenoxy) is 2. The van der Waals surface area contributed by atoms with Crippen LogP contribution in [0, 0.1) is 0 Å². The fraction of sp³-hybridized carbons (Fsp3) is 0.500. The molecule has 4 heterocycles. The zero-order valence-corrected chi connectivity index (χ0v) is 36.8. The molecule has 62 heavy (non-hydrogen) atoms. The van der Waals surface area contributed by atoms with Crippen molar-refractivity contribution in [3.8, 4) is 0 Å². The van der Waals surface area contributed by atoms with Gasteiger partial charge in [-0.15, -0.1) is 0 Å². The molecule has 4 N–H and O–H groups in total. The molecule has 3 aromatic rings. The van der Waals surface area contributed by atoms with Crippen molar-refractivity contribution in [3.05, 3.63) is 105 Å². The summed E-state index contributed by atoms with van der Waals surface area (Å²) in [6.45, 7) is 15.6. The van der Waals surface area contributed by atoms with Gasteiger partial charge in [0.1, 0.15) is 13.2 Å². The summed E-state index contributed by atoms with van der Waals surface area (Å²) in [5.74, 6) is -3.18. The van der Waals surface area contributed by atoms with Crippen LogP contribution in [0.3, 0.4) is 0 Å². The number of nitrogens with one attached hydrogen (secondary N) is 2. The number of carbonyl (C=O) groups is 6. The summed E-state index contributed by atoms with van der Waals surface area (Å²) in [7, 11) is 0. The Morgan fingerprint density at radius 3 is 1.23 bits per heavy atom. The van der Waals surface area contributed by atoms with E-state index in [0.717, 1.165) is 0 Å². The Hall–Kier alpha value is -5.28. The van der Waals surface area contributed by atoms with Gasteiger partial charge in [-0.25, -0.2) is 9.59 Å². The zero-order chi connectivity index (χ0) is 45.1. The summed E-state index contributed by atoms with van der Waals surface area (Å²) in [6, 6.07) is 15.0. The van der Waals surface area contributed by atoms with Crippen molar-refractivity contribution in [2.24, 2.45) is 0 Å².